The molecule has 116 valence electrons. The van der Waals surface area contributed by atoms with Crippen LogP contribution < -0.4 is 9.64 Å². The number of rotatable bonds is 4. The fourth-order valence-electron chi connectivity index (χ4n) is 3.05. The molecule has 1 saturated heterocycles. The third kappa shape index (κ3) is 3.07. The molecule has 1 aromatic heterocycles. The Balaban J connectivity index is 1.65. The zero-order chi connectivity index (χ0) is 15.4. The van der Waals surface area contributed by atoms with Gasteiger partial charge in [-0.2, -0.15) is 0 Å². The molecular formula is C18H23N3O. The van der Waals surface area contributed by atoms with Crippen molar-refractivity contribution in [2.45, 2.75) is 13.0 Å². The first kappa shape index (κ1) is 14.9. The van der Waals surface area contributed by atoms with Crippen molar-refractivity contribution >= 4 is 5.69 Å². The molecule has 2 aromatic rings. The molecule has 0 N–H and O–H groups in total. The van der Waals surface area contributed by atoms with E-state index in [-0.39, 0.29) is 0 Å². The smallest absolute Gasteiger partial charge is 0.142 e. The van der Waals surface area contributed by atoms with E-state index in [1.165, 1.54) is 5.69 Å². The number of ether oxygens (including phenoxy) is 1. The van der Waals surface area contributed by atoms with Crippen LogP contribution in [0.4, 0.5) is 5.69 Å². The highest BCUT2D eigenvalue weighted by Crippen LogP contribution is 2.29. The van der Waals surface area contributed by atoms with Gasteiger partial charge in [0.05, 0.1) is 18.5 Å². The van der Waals surface area contributed by atoms with Crippen LogP contribution in [0.25, 0.3) is 0 Å². The molecule has 0 radical (unpaired) electrons. The minimum absolute atomic E-state index is 0.362. The Hall–Kier alpha value is -2.07. The highest BCUT2D eigenvalue weighted by atomic mass is 16.5. The third-order valence-electron chi connectivity index (χ3n) is 4.40. The molecule has 22 heavy (non-hydrogen) atoms. The second kappa shape index (κ2) is 6.79. The van der Waals surface area contributed by atoms with E-state index in [1.54, 1.807) is 7.11 Å². The lowest BCUT2D eigenvalue weighted by Crippen LogP contribution is -2.47. The lowest BCUT2D eigenvalue weighted by Gasteiger charge is -2.39. The summed E-state index contributed by atoms with van der Waals surface area (Å²) in [7, 11) is 1.73. The Labute approximate surface area is 132 Å². The van der Waals surface area contributed by atoms with E-state index in [9.17, 15) is 0 Å². The van der Waals surface area contributed by atoms with Gasteiger partial charge in [-0.05, 0) is 31.2 Å². The number of benzene rings is 1. The molecular weight excluding hydrogens is 274 g/mol. The van der Waals surface area contributed by atoms with Gasteiger partial charge in [0, 0.05) is 38.4 Å². The van der Waals surface area contributed by atoms with Crippen molar-refractivity contribution < 1.29 is 4.74 Å². The van der Waals surface area contributed by atoms with E-state index in [4.69, 9.17) is 4.74 Å². The SMILES string of the molecule is COc1ccccc1N1CCN(C(C)c2ccccn2)CC1. The average Bonchev–Trinajstić information content (AvgIpc) is 2.62. The van der Waals surface area contributed by atoms with Crippen LogP contribution in [0.5, 0.6) is 5.75 Å². The van der Waals surface area contributed by atoms with Gasteiger partial charge in [-0.15, -0.1) is 0 Å². The Morgan fingerprint density at radius 2 is 1.73 bits per heavy atom. The normalized spacial score (nSPS) is 17.3. The molecule has 1 aliphatic rings. The van der Waals surface area contributed by atoms with Crippen LogP contribution in [0.15, 0.2) is 48.7 Å². The Morgan fingerprint density at radius 1 is 1.00 bits per heavy atom. The van der Waals surface area contributed by atoms with Crippen molar-refractivity contribution in [3.05, 3.63) is 54.4 Å². The molecule has 1 unspecified atom stereocenters. The molecule has 0 bridgehead atoms. The number of hydrogen-bond donors (Lipinski definition) is 0. The molecule has 1 aromatic carbocycles. The number of anilines is 1. The van der Waals surface area contributed by atoms with Crippen molar-refractivity contribution in [3.63, 3.8) is 0 Å². The van der Waals surface area contributed by atoms with Crippen LogP contribution in [-0.4, -0.2) is 43.2 Å². The van der Waals surface area contributed by atoms with Crippen LogP contribution in [0.1, 0.15) is 18.7 Å². The predicted octanol–water partition coefficient (Wildman–Crippen LogP) is 2.97. The summed E-state index contributed by atoms with van der Waals surface area (Å²) in [5.41, 5.74) is 2.34. The molecule has 0 aliphatic carbocycles. The van der Waals surface area contributed by atoms with Gasteiger partial charge in [-0.1, -0.05) is 18.2 Å². The van der Waals surface area contributed by atoms with E-state index in [0.29, 0.717) is 6.04 Å². The Morgan fingerprint density at radius 3 is 2.41 bits per heavy atom. The summed E-state index contributed by atoms with van der Waals surface area (Å²) in [6.07, 6.45) is 1.87. The molecule has 1 atom stereocenters. The van der Waals surface area contributed by atoms with Crippen molar-refractivity contribution in [1.29, 1.82) is 0 Å². The molecule has 4 heteroatoms. The summed E-state index contributed by atoms with van der Waals surface area (Å²) in [6, 6.07) is 14.7. The third-order valence-corrected chi connectivity index (χ3v) is 4.40. The van der Waals surface area contributed by atoms with Gasteiger partial charge in [-0.3, -0.25) is 9.88 Å². The van der Waals surface area contributed by atoms with E-state index in [1.807, 2.05) is 24.4 Å². The maximum Gasteiger partial charge on any atom is 0.142 e. The molecule has 0 saturated carbocycles. The van der Waals surface area contributed by atoms with Crippen LogP contribution in [-0.2, 0) is 0 Å². The zero-order valence-corrected chi connectivity index (χ0v) is 13.3. The lowest BCUT2D eigenvalue weighted by atomic mass is 10.1. The van der Waals surface area contributed by atoms with Crippen LogP contribution >= 0.6 is 0 Å². The second-order valence-corrected chi connectivity index (χ2v) is 5.63. The Bertz CT molecular complexity index is 594. The average molecular weight is 297 g/mol. The van der Waals surface area contributed by atoms with Gasteiger partial charge in [0.15, 0.2) is 0 Å². The highest BCUT2D eigenvalue weighted by molar-refractivity contribution is 5.58. The number of methoxy groups -OCH3 is 1. The van der Waals surface area contributed by atoms with E-state index >= 15 is 0 Å². The van der Waals surface area contributed by atoms with Crippen molar-refractivity contribution in [2.75, 3.05) is 38.2 Å². The fraction of sp³-hybridized carbons (Fsp3) is 0.389. The van der Waals surface area contributed by atoms with Crippen molar-refractivity contribution in [1.82, 2.24) is 9.88 Å². The van der Waals surface area contributed by atoms with Gasteiger partial charge in [0.2, 0.25) is 0 Å². The standard InChI is InChI=1S/C18H23N3O/c1-15(16-7-5-6-10-19-16)20-11-13-21(14-12-20)17-8-3-4-9-18(17)22-2/h3-10,15H,11-14H2,1-2H3. The summed E-state index contributed by atoms with van der Waals surface area (Å²) in [5, 5.41) is 0. The number of pyridine rings is 1. The molecule has 1 fully saturated rings. The minimum atomic E-state index is 0.362. The maximum absolute atomic E-state index is 5.48. The molecule has 0 amide bonds. The summed E-state index contributed by atoms with van der Waals surface area (Å²) in [6.45, 7) is 6.34. The van der Waals surface area contributed by atoms with E-state index < -0.39 is 0 Å². The monoisotopic (exact) mass is 297 g/mol. The highest BCUT2D eigenvalue weighted by Gasteiger charge is 2.23. The van der Waals surface area contributed by atoms with Crippen LogP contribution in [0.2, 0.25) is 0 Å². The largest absolute Gasteiger partial charge is 0.495 e. The number of piperazine rings is 1. The van der Waals surface area contributed by atoms with Crippen LogP contribution in [0, 0.1) is 0 Å². The fourth-order valence-corrected chi connectivity index (χ4v) is 3.05. The molecule has 4 nitrogen and oxygen atoms in total. The van der Waals surface area contributed by atoms with Gasteiger partial charge in [0.25, 0.3) is 0 Å². The summed E-state index contributed by atoms with van der Waals surface area (Å²) < 4.78 is 5.48. The van der Waals surface area contributed by atoms with Gasteiger partial charge in [0.1, 0.15) is 5.75 Å². The maximum atomic E-state index is 5.48. The summed E-state index contributed by atoms with van der Waals surface area (Å²) >= 11 is 0. The van der Waals surface area contributed by atoms with Crippen LogP contribution in [0.3, 0.4) is 0 Å². The zero-order valence-electron chi connectivity index (χ0n) is 13.3. The van der Waals surface area contributed by atoms with E-state index in [0.717, 1.165) is 37.6 Å². The second-order valence-electron chi connectivity index (χ2n) is 5.63. The van der Waals surface area contributed by atoms with E-state index in [2.05, 4.69) is 46.0 Å². The topological polar surface area (TPSA) is 28.6 Å². The van der Waals surface area contributed by atoms with Gasteiger partial charge >= 0.3 is 0 Å². The number of para-hydroxylation sites is 2. The number of aromatic nitrogens is 1. The van der Waals surface area contributed by atoms with Gasteiger partial charge in [-0.25, -0.2) is 0 Å². The molecule has 1 aliphatic heterocycles. The summed E-state index contributed by atoms with van der Waals surface area (Å²) in [5.74, 6) is 0.953. The first-order valence-electron chi connectivity index (χ1n) is 7.82. The Kier molecular flexibility index (Phi) is 4.59. The number of hydrogen-bond acceptors (Lipinski definition) is 4. The summed E-state index contributed by atoms with van der Waals surface area (Å²) in [4.78, 5) is 9.38. The molecule has 3 rings (SSSR count). The molecule has 2 heterocycles. The van der Waals surface area contributed by atoms with Crippen molar-refractivity contribution in [2.24, 2.45) is 0 Å². The first-order chi connectivity index (χ1) is 10.8. The molecule has 0 spiro atoms. The lowest BCUT2D eigenvalue weighted by molar-refractivity contribution is 0.195. The predicted molar refractivity (Wildman–Crippen MR) is 89.4 cm³/mol. The quantitative estimate of drug-likeness (QED) is 0.867. The van der Waals surface area contributed by atoms with Gasteiger partial charge < -0.3 is 9.64 Å². The van der Waals surface area contributed by atoms with Crippen molar-refractivity contribution in [3.8, 4) is 5.75 Å². The number of nitrogens with zero attached hydrogens (tertiary/aromatic N) is 3. The minimum Gasteiger partial charge on any atom is -0.495 e. The first-order valence-corrected chi connectivity index (χ1v) is 7.82.